The Bertz CT molecular complexity index is 1460. The molecule has 7 nitrogen and oxygen atoms in total. The first-order chi connectivity index (χ1) is 19.4. The Balaban J connectivity index is 1.23. The molecule has 1 atom stereocenters. The Morgan fingerprint density at radius 3 is 2.27 bits per heavy atom. The summed E-state index contributed by atoms with van der Waals surface area (Å²) < 4.78 is 0. The summed E-state index contributed by atoms with van der Waals surface area (Å²) in [5.41, 5.74) is 7.86. The second kappa shape index (κ2) is 13.0. The largest absolute Gasteiger partial charge is 0.368 e. The zero-order valence-corrected chi connectivity index (χ0v) is 24.5. The quantitative estimate of drug-likeness (QED) is 0.252. The summed E-state index contributed by atoms with van der Waals surface area (Å²) in [5, 5.41) is 4.94. The van der Waals surface area contributed by atoms with Crippen LogP contribution in [0.15, 0.2) is 82.6 Å². The molecule has 1 aliphatic rings. The van der Waals surface area contributed by atoms with E-state index in [1.54, 1.807) is 11.8 Å². The summed E-state index contributed by atoms with van der Waals surface area (Å²) in [4.78, 5) is 29.1. The molecule has 2 heterocycles. The van der Waals surface area contributed by atoms with Gasteiger partial charge < -0.3 is 11.1 Å². The monoisotopic (exact) mass is 574 g/mol. The van der Waals surface area contributed by atoms with Crippen molar-refractivity contribution >= 4 is 46.0 Å². The standard InChI is InChI=1S/C31H35ClN6OS/c1-21(2)29(30(33)39)36-31-25-8-4-5-9-26(25)34-28(35-31)20-38-17-15-37(16-18-38)19-22-7-3-6-10-27(22)40-24-13-11-23(32)12-14-24/h3-14,21,29H,15-20H2,1-2H3,(H2,33,39)(H,34,35,36)/t29-/m0/s1. The molecule has 1 fully saturated rings. The van der Waals surface area contributed by atoms with Gasteiger partial charge in [-0.1, -0.05) is 67.5 Å². The number of carbonyl (C=O) groups is 1. The van der Waals surface area contributed by atoms with Crippen molar-refractivity contribution in [3.05, 3.63) is 89.2 Å². The maximum absolute atomic E-state index is 12.1. The van der Waals surface area contributed by atoms with Crippen molar-refractivity contribution in [2.75, 3.05) is 31.5 Å². The first kappa shape index (κ1) is 28.4. The summed E-state index contributed by atoms with van der Waals surface area (Å²) in [7, 11) is 0. The fourth-order valence-corrected chi connectivity index (χ4v) is 5.99. The highest BCUT2D eigenvalue weighted by Crippen LogP contribution is 2.32. The van der Waals surface area contributed by atoms with Gasteiger partial charge in [0.25, 0.3) is 0 Å². The number of rotatable bonds is 10. The van der Waals surface area contributed by atoms with Crippen LogP contribution in [0.4, 0.5) is 5.82 Å². The van der Waals surface area contributed by atoms with Crippen LogP contribution in [0.5, 0.6) is 0 Å². The number of aromatic nitrogens is 2. The van der Waals surface area contributed by atoms with E-state index in [0.717, 1.165) is 54.5 Å². The Hall–Kier alpha value is -3.17. The van der Waals surface area contributed by atoms with Crippen molar-refractivity contribution in [2.24, 2.45) is 11.7 Å². The molecule has 3 N–H and O–H groups in total. The Kier molecular flexibility index (Phi) is 9.22. The third-order valence-corrected chi connectivity index (χ3v) is 8.53. The van der Waals surface area contributed by atoms with Gasteiger partial charge in [-0.05, 0) is 53.9 Å². The van der Waals surface area contributed by atoms with Gasteiger partial charge in [0.2, 0.25) is 5.91 Å². The van der Waals surface area contributed by atoms with Gasteiger partial charge in [0.1, 0.15) is 17.7 Å². The molecular weight excluding hydrogens is 540 g/mol. The van der Waals surface area contributed by atoms with E-state index in [0.29, 0.717) is 12.4 Å². The Morgan fingerprint density at radius 2 is 1.57 bits per heavy atom. The van der Waals surface area contributed by atoms with Crippen molar-refractivity contribution in [3.63, 3.8) is 0 Å². The molecule has 4 aromatic rings. The molecule has 1 aromatic heterocycles. The Labute approximate surface area is 245 Å². The number of nitrogens with two attached hydrogens (primary N) is 1. The number of hydrogen-bond donors (Lipinski definition) is 2. The number of carbonyl (C=O) groups excluding carboxylic acids is 1. The summed E-state index contributed by atoms with van der Waals surface area (Å²) in [5.74, 6) is 1.05. The number of primary amides is 1. The lowest BCUT2D eigenvalue weighted by atomic mass is 10.0. The van der Waals surface area contributed by atoms with E-state index < -0.39 is 6.04 Å². The van der Waals surface area contributed by atoms with Crippen molar-refractivity contribution in [2.45, 2.75) is 42.8 Å². The molecule has 9 heteroatoms. The zero-order valence-electron chi connectivity index (χ0n) is 22.9. The van der Waals surface area contributed by atoms with Crippen LogP contribution in [0.25, 0.3) is 10.9 Å². The van der Waals surface area contributed by atoms with Crippen LogP contribution >= 0.6 is 23.4 Å². The average Bonchev–Trinajstić information content (AvgIpc) is 2.94. The molecule has 0 unspecified atom stereocenters. The van der Waals surface area contributed by atoms with Gasteiger partial charge in [-0.15, -0.1) is 0 Å². The minimum Gasteiger partial charge on any atom is -0.368 e. The van der Waals surface area contributed by atoms with Gasteiger partial charge in [-0.2, -0.15) is 0 Å². The molecule has 40 heavy (non-hydrogen) atoms. The molecule has 0 spiro atoms. The van der Waals surface area contributed by atoms with E-state index in [-0.39, 0.29) is 11.8 Å². The molecule has 208 valence electrons. The van der Waals surface area contributed by atoms with Crippen LogP contribution in [-0.4, -0.2) is 57.9 Å². The van der Waals surface area contributed by atoms with Crippen LogP contribution < -0.4 is 11.1 Å². The lowest BCUT2D eigenvalue weighted by molar-refractivity contribution is -0.119. The molecule has 1 aliphatic heterocycles. The molecule has 3 aromatic carbocycles. The van der Waals surface area contributed by atoms with Crippen LogP contribution in [-0.2, 0) is 17.9 Å². The third-order valence-electron chi connectivity index (χ3n) is 7.15. The minimum absolute atomic E-state index is 0.0393. The summed E-state index contributed by atoms with van der Waals surface area (Å²) in [6.45, 7) is 9.31. The van der Waals surface area contributed by atoms with Crippen molar-refractivity contribution < 1.29 is 4.79 Å². The molecule has 0 radical (unpaired) electrons. The van der Waals surface area contributed by atoms with E-state index in [2.05, 4.69) is 51.5 Å². The minimum atomic E-state index is -0.504. The number of piperazine rings is 1. The molecule has 5 rings (SSSR count). The summed E-state index contributed by atoms with van der Waals surface area (Å²) >= 11 is 7.84. The maximum atomic E-state index is 12.1. The summed E-state index contributed by atoms with van der Waals surface area (Å²) in [6, 6.07) is 24.0. The predicted octanol–water partition coefficient (Wildman–Crippen LogP) is 5.67. The maximum Gasteiger partial charge on any atom is 0.240 e. The van der Waals surface area contributed by atoms with E-state index in [1.807, 2.05) is 50.2 Å². The summed E-state index contributed by atoms with van der Waals surface area (Å²) in [6.07, 6.45) is 0. The molecular formula is C31H35ClN6OS. The van der Waals surface area contributed by atoms with Crippen LogP contribution in [0.3, 0.4) is 0 Å². The number of nitrogens with one attached hydrogen (secondary N) is 1. The number of hydrogen-bond acceptors (Lipinski definition) is 7. The highest BCUT2D eigenvalue weighted by Gasteiger charge is 2.23. The first-order valence-corrected chi connectivity index (χ1v) is 14.8. The van der Waals surface area contributed by atoms with Crippen molar-refractivity contribution in [3.8, 4) is 0 Å². The molecule has 1 saturated heterocycles. The molecule has 1 amide bonds. The van der Waals surface area contributed by atoms with Crippen molar-refractivity contribution in [1.29, 1.82) is 0 Å². The number of nitrogens with zero attached hydrogens (tertiary/aromatic N) is 4. The number of benzene rings is 3. The predicted molar refractivity (Wildman–Crippen MR) is 164 cm³/mol. The third kappa shape index (κ3) is 7.12. The van der Waals surface area contributed by atoms with E-state index >= 15 is 0 Å². The Morgan fingerprint density at radius 1 is 0.925 bits per heavy atom. The van der Waals surface area contributed by atoms with E-state index in [9.17, 15) is 4.79 Å². The normalized spacial score (nSPS) is 15.4. The van der Waals surface area contributed by atoms with E-state index in [1.165, 1.54) is 15.4 Å². The van der Waals surface area contributed by atoms with Gasteiger partial charge in [-0.3, -0.25) is 14.6 Å². The van der Waals surface area contributed by atoms with Gasteiger partial charge in [0.15, 0.2) is 0 Å². The zero-order chi connectivity index (χ0) is 28.1. The van der Waals surface area contributed by atoms with Gasteiger partial charge in [0, 0.05) is 52.9 Å². The van der Waals surface area contributed by atoms with Gasteiger partial charge >= 0.3 is 0 Å². The smallest absolute Gasteiger partial charge is 0.240 e. The fraction of sp³-hybridized carbons (Fsp3) is 0.323. The second-order valence-electron chi connectivity index (χ2n) is 10.5. The second-order valence-corrected chi connectivity index (χ2v) is 12.0. The lowest BCUT2D eigenvalue weighted by Crippen LogP contribution is -2.45. The number of anilines is 1. The lowest BCUT2D eigenvalue weighted by Gasteiger charge is -2.34. The highest BCUT2D eigenvalue weighted by atomic mass is 35.5. The number of amides is 1. The number of halogens is 1. The van der Waals surface area contributed by atoms with Crippen molar-refractivity contribution in [1.82, 2.24) is 19.8 Å². The first-order valence-electron chi connectivity index (χ1n) is 13.6. The van der Waals surface area contributed by atoms with Crippen LogP contribution in [0.1, 0.15) is 25.2 Å². The molecule has 0 aliphatic carbocycles. The fourth-order valence-electron chi connectivity index (χ4n) is 4.93. The van der Waals surface area contributed by atoms with Crippen LogP contribution in [0.2, 0.25) is 5.02 Å². The molecule has 0 bridgehead atoms. The molecule has 0 saturated carbocycles. The van der Waals surface area contributed by atoms with Gasteiger partial charge in [-0.25, -0.2) is 9.97 Å². The topological polar surface area (TPSA) is 87.4 Å². The SMILES string of the molecule is CC(C)[C@H](Nc1nc(CN2CCN(Cc3ccccc3Sc3ccc(Cl)cc3)CC2)nc2ccccc12)C(N)=O. The highest BCUT2D eigenvalue weighted by molar-refractivity contribution is 7.99. The average molecular weight is 575 g/mol. The number of fused-ring (bicyclic) bond motifs is 1. The van der Waals surface area contributed by atoms with E-state index in [4.69, 9.17) is 27.3 Å². The number of para-hydroxylation sites is 1. The van der Waals surface area contributed by atoms with Crippen LogP contribution in [0, 0.1) is 5.92 Å². The van der Waals surface area contributed by atoms with Gasteiger partial charge in [0.05, 0.1) is 12.1 Å².